The predicted octanol–water partition coefficient (Wildman–Crippen LogP) is 5.21. The molecule has 19 heavy (non-hydrogen) atoms. The molecule has 0 aliphatic carbocycles. The highest BCUT2D eigenvalue weighted by atomic mass is 35.5. The number of Topliss-reactive ketones (excluding diaryl/α,β-unsaturated/α-hetero) is 1. The molecule has 1 nitrogen and oxygen atoms in total. The molecule has 0 bridgehead atoms. The average Bonchev–Trinajstić information content (AvgIpc) is 2.37. The maximum Gasteiger partial charge on any atom is 0.168 e. The second kappa shape index (κ2) is 5.91. The number of benzene rings is 2. The summed E-state index contributed by atoms with van der Waals surface area (Å²) in [5, 5.41) is 0.537. The fourth-order valence-corrected chi connectivity index (χ4v) is 2.26. The summed E-state index contributed by atoms with van der Waals surface area (Å²) in [6.45, 7) is 0. The van der Waals surface area contributed by atoms with Gasteiger partial charge in [-0.1, -0.05) is 46.9 Å². The molecule has 2 aromatic rings. The van der Waals surface area contributed by atoms with Crippen molar-refractivity contribution in [2.45, 2.75) is 6.42 Å². The van der Waals surface area contributed by atoms with Gasteiger partial charge in [0.15, 0.2) is 5.78 Å². The molecule has 0 N–H and O–H groups in total. The third-order valence-electron chi connectivity index (χ3n) is 2.60. The van der Waals surface area contributed by atoms with E-state index in [2.05, 4.69) is 0 Å². The zero-order chi connectivity index (χ0) is 14.0. The molecule has 0 heterocycles. The van der Waals surface area contributed by atoms with E-state index in [1.807, 2.05) is 0 Å². The Morgan fingerprint density at radius 3 is 2.47 bits per heavy atom. The van der Waals surface area contributed by atoms with Crippen molar-refractivity contribution in [2.24, 2.45) is 0 Å². The minimum absolute atomic E-state index is 0.0116. The van der Waals surface area contributed by atoms with Crippen molar-refractivity contribution in [1.29, 1.82) is 0 Å². The first-order chi connectivity index (χ1) is 8.99. The van der Waals surface area contributed by atoms with Crippen LogP contribution in [0, 0.1) is 5.82 Å². The molecule has 0 spiro atoms. The van der Waals surface area contributed by atoms with Crippen LogP contribution in [-0.4, -0.2) is 5.78 Å². The van der Waals surface area contributed by atoms with E-state index in [9.17, 15) is 9.18 Å². The summed E-state index contributed by atoms with van der Waals surface area (Å²) in [6, 6.07) is 9.02. The first kappa shape index (κ1) is 14.3. The topological polar surface area (TPSA) is 17.1 Å². The summed E-state index contributed by atoms with van der Waals surface area (Å²) in [4.78, 5) is 12.1. The Labute approximate surface area is 124 Å². The fraction of sp³-hybridized carbons (Fsp3) is 0.0714. The van der Waals surface area contributed by atoms with E-state index in [1.165, 1.54) is 18.2 Å². The van der Waals surface area contributed by atoms with Crippen LogP contribution >= 0.6 is 34.8 Å². The molecule has 0 aliphatic rings. The van der Waals surface area contributed by atoms with Gasteiger partial charge in [0.2, 0.25) is 0 Å². The zero-order valence-electron chi connectivity index (χ0n) is 9.59. The first-order valence-corrected chi connectivity index (χ1v) is 6.53. The van der Waals surface area contributed by atoms with Crippen molar-refractivity contribution >= 4 is 40.6 Å². The highest BCUT2D eigenvalue weighted by Crippen LogP contribution is 2.27. The maximum atomic E-state index is 13.0. The molecule has 2 aromatic carbocycles. The molecule has 0 saturated carbocycles. The lowest BCUT2D eigenvalue weighted by molar-refractivity contribution is 0.0993. The monoisotopic (exact) mass is 316 g/mol. The Hall–Kier alpha value is -1.09. The third kappa shape index (κ3) is 3.27. The van der Waals surface area contributed by atoms with Gasteiger partial charge in [0.25, 0.3) is 0 Å². The molecule has 0 fully saturated rings. The van der Waals surface area contributed by atoms with Gasteiger partial charge in [-0.25, -0.2) is 4.39 Å². The minimum Gasteiger partial charge on any atom is -0.294 e. The zero-order valence-corrected chi connectivity index (χ0v) is 11.9. The Bertz CT molecular complexity index is 641. The molecule has 0 atom stereocenters. The smallest absolute Gasteiger partial charge is 0.168 e. The van der Waals surface area contributed by atoms with Crippen LogP contribution in [0.2, 0.25) is 15.1 Å². The highest BCUT2D eigenvalue weighted by molar-refractivity contribution is 6.43. The number of hydrogen-bond donors (Lipinski definition) is 0. The molecule has 0 unspecified atom stereocenters. The van der Waals surface area contributed by atoms with Crippen molar-refractivity contribution in [1.82, 2.24) is 0 Å². The summed E-state index contributed by atoms with van der Waals surface area (Å²) in [7, 11) is 0. The Morgan fingerprint density at radius 1 is 1.05 bits per heavy atom. The molecule has 98 valence electrons. The van der Waals surface area contributed by atoms with E-state index in [1.54, 1.807) is 18.2 Å². The van der Waals surface area contributed by atoms with Gasteiger partial charge in [0.05, 0.1) is 15.1 Å². The minimum atomic E-state index is -0.515. The lowest BCUT2D eigenvalue weighted by Crippen LogP contribution is -2.04. The predicted molar refractivity (Wildman–Crippen MR) is 75.9 cm³/mol. The van der Waals surface area contributed by atoms with Gasteiger partial charge in [0.1, 0.15) is 5.82 Å². The molecule has 0 aromatic heterocycles. The molecule has 5 heteroatoms. The van der Waals surface area contributed by atoms with Gasteiger partial charge in [0, 0.05) is 12.0 Å². The summed E-state index contributed by atoms with van der Waals surface area (Å²) < 4.78 is 13.0. The summed E-state index contributed by atoms with van der Waals surface area (Å²) in [6.07, 6.45) is 0.0834. The molecule has 0 amide bonds. The van der Waals surface area contributed by atoms with E-state index in [4.69, 9.17) is 34.8 Å². The standard InChI is InChI=1S/C14H8Cl3FO/c15-10-3-1-2-9(14(10)17)13(19)7-8-4-5-12(18)11(16)6-8/h1-6H,7H2. The molecule has 2 rings (SSSR count). The van der Waals surface area contributed by atoms with Crippen molar-refractivity contribution in [3.8, 4) is 0 Å². The van der Waals surface area contributed by atoms with Gasteiger partial charge in [-0.2, -0.15) is 0 Å². The van der Waals surface area contributed by atoms with Gasteiger partial charge in [-0.15, -0.1) is 0 Å². The molecular formula is C14H8Cl3FO. The van der Waals surface area contributed by atoms with E-state index in [0.717, 1.165) is 0 Å². The number of carbonyl (C=O) groups excluding carboxylic acids is 1. The number of halogens is 4. The van der Waals surface area contributed by atoms with Gasteiger partial charge < -0.3 is 0 Å². The lowest BCUT2D eigenvalue weighted by Gasteiger charge is -2.05. The summed E-state index contributed by atoms with van der Waals surface area (Å²) in [5.74, 6) is -0.714. The third-order valence-corrected chi connectivity index (χ3v) is 3.71. The van der Waals surface area contributed by atoms with Crippen LogP contribution in [0.1, 0.15) is 15.9 Å². The number of rotatable bonds is 3. The quantitative estimate of drug-likeness (QED) is 0.710. The largest absolute Gasteiger partial charge is 0.294 e. The normalized spacial score (nSPS) is 10.5. The van der Waals surface area contributed by atoms with E-state index in [-0.39, 0.29) is 22.2 Å². The molecule has 0 aliphatic heterocycles. The Kier molecular flexibility index (Phi) is 4.46. The van der Waals surface area contributed by atoms with Gasteiger partial charge in [-0.05, 0) is 29.8 Å². The van der Waals surface area contributed by atoms with Crippen molar-refractivity contribution in [3.05, 3.63) is 68.4 Å². The van der Waals surface area contributed by atoms with Gasteiger partial charge >= 0.3 is 0 Å². The van der Waals surface area contributed by atoms with Crippen LogP contribution in [0.4, 0.5) is 4.39 Å². The molecule has 0 saturated heterocycles. The molecule has 0 radical (unpaired) electrons. The lowest BCUT2D eigenvalue weighted by atomic mass is 10.0. The second-order valence-electron chi connectivity index (χ2n) is 3.95. The van der Waals surface area contributed by atoms with Crippen LogP contribution in [0.25, 0.3) is 0 Å². The van der Waals surface area contributed by atoms with Crippen LogP contribution < -0.4 is 0 Å². The first-order valence-electron chi connectivity index (χ1n) is 5.40. The second-order valence-corrected chi connectivity index (χ2v) is 5.14. The SMILES string of the molecule is O=C(Cc1ccc(F)c(Cl)c1)c1cccc(Cl)c1Cl. The maximum absolute atomic E-state index is 13.0. The Balaban J connectivity index is 2.26. The summed E-state index contributed by atoms with van der Waals surface area (Å²) >= 11 is 17.5. The van der Waals surface area contributed by atoms with Crippen LogP contribution in [0.15, 0.2) is 36.4 Å². The van der Waals surface area contributed by atoms with Crippen molar-refractivity contribution in [2.75, 3.05) is 0 Å². The number of carbonyl (C=O) groups is 1. The fourth-order valence-electron chi connectivity index (χ4n) is 1.65. The highest BCUT2D eigenvalue weighted by Gasteiger charge is 2.13. The van der Waals surface area contributed by atoms with Crippen molar-refractivity contribution in [3.63, 3.8) is 0 Å². The average molecular weight is 318 g/mol. The van der Waals surface area contributed by atoms with Crippen LogP contribution in [0.5, 0.6) is 0 Å². The van der Waals surface area contributed by atoms with E-state index >= 15 is 0 Å². The molecular weight excluding hydrogens is 310 g/mol. The van der Waals surface area contributed by atoms with E-state index < -0.39 is 5.82 Å². The van der Waals surface area contributed by atoms with Gasteiger partial charge in [-0.3, -0.25) is 4.79 Å². The van der Waals surface area contributed by atoms with E-state index in [0.29, 0.717) is 16.1 Å². The van der Waals surface area contributed by atoms with Crippen LogP contribution in [0.3, 0.4) is 0 Å². The van der Waals surface area contributed by atoms with Crippen LogP contribution in [-0.2, 0) is 6.42 Å². The Morgan fingerprint density at radius 2 is 1.79 bits per heavy atom. The summed E-state index contributed by atoms with van der Waals surface area (Å²) in [5.41, 5.74) is 0.960. The van der Waals surface area contributed by atoms with Crippen molar-refractivity contribution < 1.29 is 9.18 Å². The number of hydrogen-bond acceptors (Lipinski definition) is 1. The number of ketones is 1.